The second-order valence-corrected chi connectivity index (χ2v) is 12.9. The van der Waals surface area contributed by atoms with Crippen molar-refractivity contribution in [3.8, 4) is 28.1 Å². The smallest absolute Gasteiger partial charge is 0.408 e. The molecule has 6 rings (SSSR count). The predicted octanol–water partition coefficient (Wildman–Crippen LogP) is 6.11. The summed E-state index contributed by atoms with van der Waals surface area (Å²) in [5, 5.41) is 19.1. The number of aliphatic hydroxyl groups is 1. The van der Waals surface area contributed by atoms with Crippen LogP contribution in [0.25, 0.3) is 39.1 Å². The molecule has 0 spiro atoms. The molecule has 0 aliphatic heterocycles. The molecule has 0 bridgehead atoms. The van der Waals surface area contributed by atoms with Crippen LogP contribution in [0.5, 0.6) is 5.75 Å². The van der Waals surface area contributed by atoms with Gasteiger partial charge in [-0.15, -0.1) is 0 Å². The van der Waals surface area contributed by atoms with E-state index in [1.165, 1.54) is 6.92 Å². The van der Waals surface area contributed by atoms with Crippen molar-refractivity contribution in [2.45, 2.75) is 71.1 Å². The van der Waals surface area contributed by atoms with E-state index in [0.29, 0.717) is 29.9 Å². The molecule has 1 fully saturated rings. The van der Waals surface area contributed by atoms with Crippen molar-refractivity contribution in [2.24, 2.45) is 0 Å². The summed E-state index contributed by atoms with van der Waals surface area (Å²) in [7, 11) is 0. The number of benzene rings is 2. The molecule has 10 heteroatoms. The van der Waals surface area contributed by atoms with Gasteiger partial charge in [0.25, 0.3) is 0 Å². The van der Waals surface area contributed by atoms with Gasteiger partial charge in [-0.25, -0.2) is 14.8 Å². The molecular weight excluding hydrogens is 558 g/mol. The number of rotatable bonds is 5. The van der Waals surface area contributed by atoms with E-state index in [4.69, 9.17) is 14.5 Å². The summed E-state index contributed by atoms with van der Waals surface area (Å²) in [5.41, 5.74) is 4.06. The minimum absolute atomic E-state index is 0.358. The number of ether oxygens (including phenoxy) is 2. The largest absolute Gasteiger partial charge is 0.444 e. The topological polar surface area (TPSA) is 128 Å². The van der Waals surface area contributed by atoms with E-state index in [-0.39, 0.29) is 5.97 Å². The Labute approximate surface area is 255 Å². The summed E-state index contributed by atoms with van der Waals surface area (Å²) >= 11 is 0. The van der Waals surface area contributed by atoms with E-state index in [1.54, 1.807) is 29.8 Å². The van der Waals surface area contributed by atoms with E-state index in [9.17, 15) is 14.7 Å². The fraction of sp³-hybridized carbons (Fsp3) is 0.324. The monoisotopic (exact) mass is 593 g/mol. The number of esters is 1. The third-order valence-corrected chi connectivity index (χ3v) is 7.62. The van der Waals surface area contributed by atoms with E-state index in [2.05, 4.69) is 15.4 Å². The number of aromatic nitrogens is 4. The summed E-state index contributed by atoms with van der Waals surface area (Å²) in [6, 6.07) is 19.1. The number of nitrogens with one attached hydrogen (secondary N) is 1. The molecule has 10 nitrogen and oxygen atoms in total. The highest BCUT2D eigenvalue weighted by Crippen LogP contribution is 2.49. The van der Waals surface area contributed by atoms with Crippen molar-refractivity contribution in [1.29, 1.82) is 0 Å². The highest BCUT2D eigenvalue weighted by atomic mass is 16.6. The summed E-state index contributed by atoms with van der Waals surface area (Å²) < 4.78 is 12.5. The lowest BCUT2D eigenvalue weighted by molar-refractivity contribution is -0.131. The van der Waals surface area contributed by atoms with Gasteiger partial charge in [0, 0.05) is 48.5 Å². The summed E-state index contributed by atoms with van der Waals surface area (Å²) in [6.45, 7) is 10.5. The number of alkyl carbamates (subject to hydrolysis) is 1. The first kappa shape index (κ1) is 29.3. The van der Waals surface area contributed by atoms with Gasteiger partial charge < -0.3 is 19.9 Å². The van der Waals surface area contributed by atoms with Crippen LogP contribution in [0.3, 0.4) is 0 Å². The third kappa shape index (κ3) is 5.72. The number of hydrogen-bond donors (Lipinski definition) is 2. The molecule has 1 aliphatic carbocycles. The molecule has 2 aromatic carbocycles. The molecule has 1 aliphatic rings. The van der Waals surface area contributed by atoms with Gasteiger partial charge in [0.2, 0.25) is 0 Å². The third-order valence-electron chi connectivity index (χ3n) is 7.62. The summed E-state index contributed by atoms with van der Waals surface area (Å²) in [4.78, 5) is 33.9. The minimum Gasteiger partial charge on any atom is -0.444 e. The molecule has 0 unspecified atom stereocenters. The van der Waals surface area contributed by atoms with Crippen LogP contribution in [0.15, 0.2) is 66.9 Å². The summed E-state index contributed by atoms with van der Waals surface area (Å²) in [6.07, 6.45) is 1.98. The Balaban J connectivity index is 1.44. The van der Waals surface area contributed by atoms with Gasteiger partial charge in [0.1, 0.15) is 11.4 Å². The molecular formula is C34H35N5O5. The van der Waals surface area contributed by atoms with Gasteiger partial charge in [-0.1, -0.05) is 36.4 Å². The fourth-order valence-electron chi connectivity index (χ4n) is 6.02. The highest BCUT2D eigenvalue weighted by Gasteiger charge is 2.53. The predicted molar refractivity (Wildman–Crippen MR) is 166 cm³/mol. The van der Waals surface area contributed by atoms with Crippen LogP contribution in [-0.2, 0) is 15.1 Å². The van der Waals surface area contributed by atoms with Crippen molar-refractivity contribution in [1.82, 2.24) is 24.9 Å². The lowest BCUT2D eigenvalue weighted by atomic mass is 9.62. The molecule has 5 aromatic rings. The van der Waals surface area contributed by atoms with Gasteiger partial charge in [0.05, 0.1) is 22.5 Å². The lowest BCUT2D eigenvalue weighted by Crippen LogP contribution is -2.62. The van der Waals surface area contributed by atoms with Gasteiger partial charge in [-0.05, 0) is 63.9 Å². The van der Waals surface area contributed by atoms with Gasteiger partial charge in [0.15, 0.2) is 11.3 Å². The van der Waals surface area contributed by atoms with Crippen LogP contribution < -0.4 is 10.1 Å². The van der Waals surface area contributed by atoms with Gasteiger partial charge in [-0.3, -0.25) is 4.79 Å². The zero-order valence-electron chi connectivity index (χ0n) is 25.6. The number of nitrogens with zero attached hydrogens (tertiary/aromatic N) is 4. The maximum absolute atomic E-state index is 12.8. The Morgan fingerprint density at radius 2 is 1.66 bits per heavy atom. The first-order valence-corrected chi connectivity index (χ1v) is 14.5. The first-order chi connectivity index (χ1) is 20.7. The maximum atomic E-state index is 12.8. The van der Waals surface area contributed by atoms with Gasteiger partial charge >= 0.3 is 12.1 Å². The molecule has 1 saturated carbocycles. The number of amides is 1. The number of aryl methyl sites for hydroxylation is 1. The average molecular weight is 594 g/mol. The van der Waals surface area contributed by atoms with Crippen LogP contribution in [-0.4, -0.2) is 48.0 Å². The van der Waals surface area contributed by atoms with E-state index < -0.39 is 22.8 Å². The summed E-state index contributed by atoms with van der Waals surface area (Å²) in [5.74, 6) is 0.0675. The standard InChI is InChI=1S/C34H35N5O5/c1-20-15-28-35-17-24-16-27(22-9-13-26(14-10-22)43-21(2)40)29(36-30(24)39(28)38-20)23-7-11-25(12-8-23)34(18-33(6,42)19-34)37-31(41)44-32(3,4)5/h7-17,42H,18-19H2,1-6H3,(H,37,41). The Bertz CT molecular complexity index is 1900. The highest BCUT2D eigenvalue weighted by molar-refractivity contribution is 5.91. The Hall–Kier alpha value is -4.83. The van der Waals surface area contributed by atoms with E-state index in [1.807, 2.05) is 76.2 Å². The van der Waals surface area contributed by atoms with Crippen LogP contribution in [0.2, 0.25) is 0 Å². The number of fused-ring (bicyclic) bond motifs is 3. The minimum atomic E-state index is -0.902. The number of pyridine rings is 1. The second kappa shape index (κ2) is 10.4. The second-order valence-electron chi connectivity index (χ2n) is 12.9. The number of hydrogen-bond acceptors (Lipinski definition) is 8. The molecule has 44 heavy (non-hydrogen) atoms. The molecule has 0 radical (unpaired) electrons. The van der Waals surface area contributed by atoms with Crippen molar-refractivity contribution in [2.75, 3.05) is 0 Å². The van der Waals surface area contributed by atoms with E-state index >= 15 is 0 Å². The zero-order chi connectivity index (χ0) is 31.4. The molecule has 3 aromatic heterocycles. The zero-order valence-corrected chi connectivity index (χ0v) is 25.6. The molecule has 0 saturated heterocycles. The Morgan fingerprint density at radius 3 is 2.27 bits per heavy atom. The number of carbonyl (C=O) groups excluding carboxylic acids is 2. The van der Waals surface area contributed by atoms with Crippen LogP contribution in [0.4, 0.5) is 4.79 Å². The van der Waals surface area contributed by atoms with E-state index in [0.717, 1.165) is 39.0 Å². The van der Waals surface area contributed by atoms with Crippen molar-refractivity contribution >= 4 is 28.7 Å². The van der Waals surface area contributed by atoms with Gasteiger partial charge in [-0.2, -0.15) is 9.61 Å². The molecule has 2 N–H and O–H groups in total. The SMILES string of the molecule is CC(=O)Oc1ccc(-c2cc3cnc4cc(C)nn4c3nc2-c2ccc(C3(NC(=O)OC(C)(C)C)CC(C)(O)C3)cc2)cc1. The normalized spacial score (nSPS) is 19.9. The van der Waals surface area contributed by atoms with Crippen molar-refractivity contribution < 1.29 is 24.2 Å². The average Bonchev–Trinajstić information content (AvgIpc) is 3.31. The Morgan fingerprint density at radius 1 is 1.00 bits per heavy atom. The maximum Gasteiger partial charge on any atom is 0.408 e. The first-order valence-electron chi connectivity index (χ1n) is 14.5. The molecule has 226 valence electrons. The molecule has 0 atom stereocenters. The fourth-order valence-corrected chi connectivity index (χ4v) is 6.02. The number of carbonyl (C=O) groups is 2. The molecule has 1 amide bonds. The molecule has 3 heterocycles. The quantitative estimate of drug-likeness (QED) is 0.185. The Kier molecular flexibility index (Phi) is 6.92. The van der Waals surface area contributed by atoms with Crippen LogP contribution in [0, 0.1) is 6.92 Å². The van der Waals surface area contributed by atoms with Crippen molar-refractivity contribution in [3.05, 3.63) is 78.1 Å². The lowest BCUT2D eigenvalue weighted by Gasteiger charge is -2.52. The van der Waals surface area contributed by atoms with Crippen LogP contribution in [0.1, 0.15) is 58.7 Å². The van der Waals surface area contributed by atoms with Crippen LogP contribution >= 0.6 is 0 Å². The van der Waals surface area contributed by atoms with Crippen molar-refractivity contribution in [3.63, 3.8) is 0 Å².